The van der Waals surface area contributed by atoms with E-state index in [1.807, 2.05) is 31.2 Å². The van der Waals surface area contributed by atoms with E-state index < -0.39 is 11.6 Å². The van der Waals surface area contributed by atoms with E-state index in [1.165, 1.54) is 10.7 Å². The predicted octanol–water partition coefficient (Wildman–Crippen LogP) is 3.40. The largest absolute Gasteiger partial charge is 0.358 e. The lowest BCUT2D eigenvalue weighted by Gasteiger charge is -2.04. The van der Waals surface area contributed by atoms with Gasteiger partial charge < -0.3 is 4.98 Å². The van der Waals surface area contributed by atoms with Crippen LogP contribution >= 0.6 is 0 Å². The molecule has 0 bridgehead atoms. The number of aromatic nitrogens is 5. The topological polar surface area (TPSA) is 59.4 Å². The summed E-state index contributed by atoms with van der Waals surface area (Å²) in [5.74, 6) is -0.893. The van der Waals surface area contributed by atoms with Crippen molar-refractivity contribution in [3.63, 3.8) is 0 Å². The Hall–Kier alpha value is -3.09. The standard InChI is InChI=1S/C16H11F2N5/c1-9-2-4-11(5-3-9)23-16(20-21-22-23)13-8-19-15-12(13)6-10(17)7-14(15)18/h2-8,19H,1H3. The summed E-state index contributed by atoms with van der Waals surface area (Å²) in [5.41, 5.74) is 2.63. The van der Waals surface area contributed by atoms with E-state index in [0.717, 1.165) is 17.3 Å². The van der Waals surface area contributed by atoms with Gasteiger partial charge in [-0.15, -0.1) is 5.10 Å². The van der Waals surface area contributed by atoms with E-state index in [9.17, 15) is 8.78 Å². The monoisotopic (exact) mass is 311 g/mol. The number of hydrogen-bond acceptors (Lipinski definition) is 3. The second-order valence-corrected chi connectivity index (χ2v) is 5.26. The number of nitrogens with zero attached hydrogens (tertiary/aromatic N) is 4. The Morgan fingerprint density at radius 1 is 1.09 bits per heavy atom. The van der Waals surface area contributed by atoms with Crippen molar-refractivity contribution in [3.8, 4) is 17.1 Å². The number of nitrogens with one attached hydrogen (secondary N) is 1. The third-order valence-corrected chi connectivity index (χ3v) is 3.69. The van der Waals surface area contributed by atoms with Gasteiger partial charge in [-0.3, -0.25) is 0 Å². The van der Waals surface area contributed by atoms with Crippen molar-refractivity contribution in [2.75, 3.05) is 0 Å². The Balaban J connectivity index is 1.93. The van der Waals surface area contributed by atoms with Gasteiger partial charge in [0.05, 0.1) is 11.2 Å². The molecule has 0 spiro atoms. The van der Waals surface area contributed by atoms with E-state index in [4.69, 9.17) is 0 Å². The summed E-state index contributed by atoms with van der Waals surface area (Å²) in [4.78, 5) is 2.81. The zero-order chi connectivity index (χ0) is 16.0. The first-order chi connectivity index (χ1) is 11.1. The molecule has 0 amide bonds. The summed E-state index contributed by atoms with van der Waals surface area (Å²) >= 11 is 0. The van der Waals surface area contributed by atoms with Crippen molar-refractivity contribution in [2.24, 2.45) is 0 Å². The maximum absolute atomic E-state index is 13.8. The molecule has 7 heteroatoms. The van der Waals surface area contributed by atoms with E-state index >= 15 is 0 Å². The number of aromatic amines is 1. The summed E-state index contributed by atoms with van der Waals surface area (Å²) in [7, 11) is 0. The molecular weight excluding hydrogens is 300 g/mol. The minimum atomic E-state index is -0.652. The number of benzene rings is 2. The van der Waals surface area contributed by atoms with Crippen LogP contribution in [0.5, 0.6) is 0 Å². The maximum Gasteiger partial charge on any atom is 0.189 e. The smallest absolute Gasteiger partial charge is 0.189 e. The van der Waals surface area contributed by atoms with Crippen LogP contribution in [0.3, 0.4) is 0 Å². The second-order valence-electron chi connectivity index (χ2n) is 5.26. The van der Waals surface area contributed by atoms with E-state index in [0.29, 0.717) is 16.8 Å². The normalized spacial score (nSPS) is 11.3. The number of rotatable bonds is 2. The average molecular weight is 311 g/mol. The van der Waals surface area contributed by atoms with E-state index in [2.05, 4.69) is 20.5 Å². The summed E-state index contributed by atoms with van der Waals surface area (Å²) < 4.78 is 28.9. The van der Waals surface area contributed by atoms with Gasteiger partial charge in [0, 0.05) is 23.2 Å². The molecule has 5 nitrogen and oxygen atoms in total. The van der Waals surface area contributed by atoms with E-state index in [1.54, 1.807) is 6.20 Å². The Kier molecular flexibility index (Phi) is 2.94. The molecule has 0 aliphatic heterocycles. The van der Waals surface area contributed by atoms with Gasteiger partial charge in [-0.1, -0.05) is 17.7 Å². The fourth-order valence-electron chi connectivity index (χ4n) is 2.55. The Morgan fingerprint density at radius 2 is 1.87 bits per heavy atom. The Labute approximate surface area is 129 Å². The quantitative estimate of drug-likeness (QED) is 0.617. The number of tetrazole rings is 1. The molecule has 4 rings (SSSR count). The van der Waals surface area contributed by atoms with Gasteiger partial charge in [-0.2, -0.15) is 4.68 Å². The Bertz CT molecular complexity index is 1000. The molecule has 4 aromatic rings. The average Bonchev–Trinajstić information content (AvgIpc) is 3.14. The molecule has 0 saturated heterocycles. The lowest BCUT2D eigenvalue weighted by Crippen LogP contribution is -1.99. The van der Waals surface area contributed by atoms with Crippen LogP contribution in [0.15, 0.2) is 42.6 Å². The fraction of sp³-hybridized carbons (Fsp3) is 0.0625. The highest BCUT2D eigenvalue weighted by Gasteiger charge is 2.17. The number of halogens is 2. The molecule has 0 unspecified atom stereocenters. The molecule has 2 aromatic heterocycles. The highest BCUT2D eigenvalue weighted by molar-refractivity contribution is 5.94. The van der Waals surface area contributed by atoms with Crippen LogP contribution in [0.25, 0.3) is 28.0 Å². The van der Waals surface area contributed by atoms with Gasteiger partial charge in [0.1, 0.15) is 11.6 Å². The lowest BCUT2D eigenvalue weighted by molar-refractivity contribution is 0.591. The number of H-pyrrole nitrogens is 1. The Morgan fingerprint density at radius 3 is 2.65 bits per heavy atom. The highest BCUT2D eigenvalue weighted by atomic mass is 19.1. The highest BCUT2D eigenvalue weighted by Crippen LogP contribution is 2.30. The van der Waals surface area contributed by atoms with Gasteiger partial charge in [-0.05, 0) is 35.5 Å². The zero-order valence-corrected chi connectivity index (χ0v) is 12.1. The summed E-state index contributed by atoms with van der Waals surface area (Å²) in [6, 6.07) is 9.74. The summed E-state index contributed by atoms with van der Waals surface area (Å²) in [6.07, 6.45) is 1.57. The van der Waals surface area contributed by atoms with Crippen LogP contribution < -0.4 is 0 Å². The van der Waals surface area contributed by atoms with Crippen LogP contribution in [0.2, 0.25) is 0 Å². The molecule has 0 aliphatic carbocycles. The zero-order valence-electron chi connectivity index (χ0n) is 12.1. The number of hydrogen-bond donors (Lipinski definition) is 1. The number of aryl methyl sites for hydroxylation is 1. The first kappa shape index (κ1) is 13.6. The van der Waals surface area contributed by atoms with Gasteiger partial charge in [0.25, 0.3) is 0 Å². The van der Waals surface area contributed by atoms with Crippen LogP contribution in [-0.4, -0.2) is 25.2 Å². The third-order valence-electron chi connectivity index (χ3n) is 3.69. The first-order valence-electron chi connectivity index (χ1n) is 6.95. The van der Waals surface area contributed by atoms with Crippen LogP contribution in [0, 0.1) is 18.6 Å². The van der Waals surface area contributed by atoms with Gasteiger partial charge in [0.2, 0.25) is 0 Å². The van der Waals surface area contributed by atoms with Crippen molar-refractivity contribution >= 4 is 10.9 Å². The number of fused-ring (bicyclic) bond motifs is 1. The molecule has 0 saturated carbocycles. The van der Waals surface area contributed by atoms with Gasteiger partial charge in [-0.25, -0.2) is 8.78 Å². The molecule has 23 heavy (non-hydrogen) atoms. The molecule has 0 atom stereocenters. The summed E-state index contributed by atoms with van der Waals surface area (Å²) in [6.45, 7) is 1.98. The predicted molar refractivity (Wildman–Crippen MR) is 81.1 cm³/mol. The van der Waals surface area contributed by atoms with Crippen molar-refractivity contribution in [2.45, 2.75) is 6.92 Å². The molecular formula is C16H11F2N5. The van der Waals surface area contributed by atoms with Gasteiger partial charge in [0.15, 0.2) is 5.82 Å². The third kappa shape index (κ3) is 2.17. The van der Waals surface area contributed by atoms with Crippen LogP contribution in [0.1, 0.15) is 5.56 Å². The molecule has 2 aromatic carbocycles. The molecule has 0 aliphatic rings. The van der Waals surface area contributed by atoms with Crippen LogP contribution in [-0.2, 0) is 0 Å². The summed E-state index contributed by atoms with van der Waals surface area (Å²) in [5, 5.41) is 12.1. The van der Waals surface area contributed by atoms with E-state index in [-0.39, 0.29) is 5.52 Å². The van der Waals surface area contributed by atoms with Crippen molar-refractivity contribution in [3.05, 3.63) is 59.8 Å². The minimum absolute atomic E-state index is 0.222. The first-order valence-corrected chi connectivity index (χ1v) is 6.95. The van der Waals surface area contributed by atoms with Gasteiger partial charge >= 0.3 is 0 Å². The fourth-order valence-corrected chi connectivity index (χ4v) is 2.55. The maximum atomic E-state index is 13.8. The molecule has 0 radical (unpaired) electrons. The van der Waals surface area contributed by atoms with Crippen molar-refractivity contribution in [1.29, 1.82) is 0 Å². The molecule has 0 fully saturated rings. The minimum Gasteiger partial charge on any atom is -0.358 e. The lowest BCUT2D eigenvalue weighted by atomic mass is 10.1. The molecule has 114 valence electrons. The molecule has 2 heterocycles. The van der Waals surface area contributed by atoms with Crippen molar-refractivity contribution < 1.29 is 8.78 Å². The SMILES string of the molecule is Cc1ccc(-n2nnnc2-c2c[nH]c3c(F)cc(F)cc23)cc1. The molecule has 1 N–H and O–H groups in total. The van der Waals surface area contributed by atoms with Crippen LogP contribution in [0.4, 0.5) is 8.78 Å². The second kappa shape index (κ2) is 4.98. The van der Waals surface area contributed by atoms with Crippen molar-refractivity contribution in [1.82, 2.24) is 25.2 Å².